The highest BCUT2D eigenvalue weighted by Gasteiger charge is 2.31. The van der Waals surface area contributed by atoms with E-state index in [2.05, 4.69) is 10.6 Å². The van der Waals surface area contributed by atoms with Crippen LogP contribution in [0.2, 0.25) is 0 Å². The molecule has 3 rings (SSSR count). The zero-order valence-corrected chi connectivity index (χ0v) is 13.3. The van der Waals surface area contributed by atoms with Gasteiger partial charge in [0.25, 0.3) is 5.91 Å². The van der Waals surface area contributed by atoms with Gasteiger partial charge in [-0.05, 0) is 48.7 Å². The maximum Gasteiger partial charge on any atom is 0.405 e. The van der Waals surface area contributed by atoms with E-state index in [1.165, 1.54) is 18.2 Å². The minimum atomic E-state index is -1.27. The van der Waals surface area contributed by atoms with Crippen molar-refractivity contribution in [3.8, 4) is 6.07 Å². The first-order chi connectivity index (χ1) is 12.4. The molecule has 0 saturated heterocycles. The lowest BCUT2D eigenvalue weighted by molar-refractivity contribution is 0.102. The monoisotopic (exact) mass is 357 g/mol. The molecule has 1 unspecified atom stereocenters. The quantitative estimate of drug-likeness (QED) is 0.784. The number of rotatable bonds is 3. The van der Waals surface area contributed by atoms with E-state index in [-0.39, 0.29) is 22.4 Å². The van der Waals surface area contributed by atoms with Crippen molar-refractivity contribution in [1.82, 2.24) is 5.32 Å². The highest BCUT2D eigenvalue weighted by Crippen LogP contribution is 2.35. The average molecular weight is 357 g/mol. The van der Waals surface area contributed by atoms with Gasteiger partial charge in [0.2, 0.25) is 0 Å². The molecule has 3 N–H and O–H groups in total. The molecule has 0 bridgehead atoms. The van der Waals surface area contributed by atoms with Gasteiger partial charge in [0.15, 0.2) is 0 Å². The van der Waals surface area contributed by atoms with Crippen LogP contribution in [0.5, 0.6) is 0 Å². The van der Waals surface area contributed by atoms with E-state index in [0.717, 1.165) is 12.1 Å². The number of nitrogens with zero attached hydrogens (tertiary/aromatic N) is 1. The lowest BCUT2D eigenvalue weighted by atomic mass is 10.0. The summed E-state index contributed by atoms with van der Waals surface area (Å²) in [6.07, 6.45) is -0.585. The van der Waals surface area contributed by atoms with Gasteiger partial charge in [-0.25, -0.2) is 13.6 Å². The second-order valence-electron chi connectivity index (χ2n) is 5.79. The number of carboxylic acid groups (broad SMARTS) is 1. The number of carbonyl (C=O) groups excluding carboxylic acids is 1. The van der Waals surface area contributed by atoms with Crippen molar-refractivity contribution >= 4 is 17.7 Å². The fraction of sp³-hybridized carbons (Fsp3) is 0.167. The molecule has 0 radical (unpaired) electrons. The number of benzene rings is 2. The van der Waals surface area contributed by atoms with E-state index in [1.54, 1.807) is 6.07 Å². The summed E-state index contributed by atoms with van der Waals surface area (Å²) in [5, 5.41) is 22.5. The fourth-order valence-electron chi connectivity index (χ4n) is 3.11. The molecule has 2 amide bonds. The van der Waals surface area contributed by atoms with Gasteiger partial charge in [-0.1, -0.05) is 0 Å². The molecular weight excluding hydrogens is 344 g/mol. The number of anilines is 1. The Kier molecular flexibility index (Phi) is 4.54. The van der Waals surface area contributed by atoms with Crippen LogP contribution in [0.1, 0.15) is 39.5 Å². The van der Waals surface area contributed by atoms with Crippen LogP contribution in [-0.4, -0.2) is 17.1 Å². The molecule has 0 spiro atoms. The van der Waals surface area contributed by atoms with E-state index in [0.29, 0.717) is 18.4 Å². The van der Waals surface area contributed by atoms with Crippen molar-refractivity contribution in [2.45, 2.75) is 18.9 Å². The second-order valence-corrected chi connectivity index (χ2v) is 5.79. The normalized spacial score (nSPS) is 15.0. The Morgan fingerprint density at radius 2 is 1.92 bits per heavy atom. The largest absolute Gasteiger partial charge is 0.465 e. The molecule has 6 nitrogen and oxygen atoms in total. The van der Waals surface area contributed by atoms with Crippen molar-refractivity contribution in [2.75, 3.05) is 5.32 Å². The second kappa shape index (κ2) is 6.80. The molecule has 0 fully saturated rings. The summed E-state index contributed by atoms with van der Waals surface area (Å²) in [4.78, 5) is 23.4. The molecule has 0 aliphatic heterocycles. The minimum Gasteiger partial charge on any atom is -0.465 e. The van der Waals surface area contributed by atoms with Gasteiger partial charge in [-0.2, -0.15) is 5.26 Å². The summed E-state index contributed by atoms with van der Waals surface area (Å²) in [5.41, 5.74) is 0.821. The molecule has 1 aliphatic rings. The van der Waals surface area contributed by atoms with E-state index in [4.69, 9.17) is 10.4 Å². The molecule has 8 heteroatoms. The Balaban J connectivity index is 1.91. The number of fused-ring (bicyclic) bond motifs is 1. The number of nitriles is 1. The first kappa shape index (κ1) is 17.4. The summed E-state index contributed by atoms with van der Waals surface area (Å²) >= 11 is 0. The fourth-order valence-corrected chi connectivity index (χ4v) is 3.11. The number of hydrogen-bond acceptors (Lipinski definition) is 3. The third-order valence-corrected chi connectivity index (χ3v) is 4.22. The maximum absolute atomic E-state index is 14.2. The molecule has 26 heavy (non-hydrogen) atoms. The Labute approximate surface area is 147 Å². The lowest BCUT2D eigenvalue weighted by Gasteiger charge is -2.14. The van der Waals surface area contributed by atoms with Crippen LogP contribution >= 0.6 is 0 Å². The van der Waals surface area contributed by atoms with Crippen LogP contribution in [0.3, 0.4) is 0 Å². The molecule has 0 saturated carbocycles. The lowest BCUT2D eigenvalue weighted by Crippen LogP contribution is -2.25. The van der Waals surface area contributed by atoms with Gasteiger partial charge in [0.05, 0.1) is 11.6 Å². The van der Waals surface area contributed by atoms with Crippen molar-refractivity contribution in [2.24, 2.45) is 0 Å². The zero-order valence-electron chi connectivity index (χ0n) is 13.3. The first-order valence-electron chi connectivity index (χ1n) is 7.72. The molecule has 0 heterocycles. The molecule has 2 aromatic rings. The van der Waals surface area contributed by atoms with E-state index in [9.17, 15) is 18.4 Å². The van der Waals surface area contributed by atoms with Crippen LogP contribution in [0.4, 0.5) is 19.3 Å². The van der Waals surface area contributed by atoms with Crippen LogP contribution in [0, 0.1) is 23.0 Å². The Bertz CT molecular complexity index is 953. The van der Waals surface area contributed by atoms with E-state index >= 15 is 0 Å². The smallest absolute Gasteiger partial charge is 0.405 e. The van der Waals surface area contributed by atoms with Gasteiger partial charge >= 0.3 is 6.09 Å². The van der Waals surface area contributed by atoms with Crippen molar-refractivity contribution in [3.05, 3.63) is 64.2 Å². The van der Waals surface area contributed by atoms with Gasteiger partial charge < -0.3 is 15.7 Å². The van der Waals surface area contributed by atoms with Gasteiger partial charge in [-0.3, -0.25) is 4.79 Å². The third kappa shape index (κ3) is 3.19. The zero-order chi connectivity index (χ0) is 18.8. The minimum absolute atomic E-state index is 0.164. The number of halogens is 2. The predicted molar refractivity (Wildman–Crippen MR) is 87.7 cm³/mol. The Morgan fingerprint density at radius 3 is 2.62 bits per heavy atom. The average Bonchev–Trinajstić information content (AvgIpc) is 3.00. The van der Waals surface area contributed by atoms with Gasteiger partial charge in [-0.15, -0.1) is 0 Å². The molecule has 1 aliphatic carbocycles. The van der Waals surface area contributed by atoms with Crippen molar-refractivity contribution in [1.29, 1.82) is 5.26 Å². The third-order valence-electron chi connectivity index (χ3n) is 4.22. The van der Waals surface area contributed by atoms with Crippen LogP contribution in [-0.2, 0) is 6.42 Å². The summed E-state index contributed by atoms with van der Waals surface area (Å²) in [7, 11) is 0. The summed E-state index contributed by atoms with van der Waals surface area (Å²) in [5.74, 6) is -1.83. The van der Waals surface area contributed by atoms with Crippen LogP contribution < -0.4 is 10.6 Å². The summed E-state index contributed by atoms with van der Waals surface area (Å²) in [6, 6.07) is 6.98. The van der Waals surface area contributed by atoms with Crippen molar-refractivity contribution in [3.63, 3.8) is 0 Å². The SMILES string of the molecule is N#Cc1cc(NC(=O)c2ccc(F)c3c2CCC3NC(=O)O)ccc1F. The topological polar surface area (TPSA) is 102 Å². The number of carbonyl (C=O) groups is 2. The number of nitrogens with one attached hydrogen (secondary N) is 2. The Hall–Kier alpha value is -3.47. The van der Waals surface area contributed by atoms with Gasteiger partial charge in [0.1, 0.15) is 17.7 Å². The highest BCUT2D eigenvalue weighted by atomic mass is 19.1. The van der Waals surface area contributed by atoms with E-state index < -0.39 is 29.7 Å². The molecular formula is C18H13F2N3O3. The highest BCUT2D eigenvalue weighted by molar-refractivity contribution is 6.05. The predicted octanol–water partition coefficient (Wildman–Crippen LogP) is 3.34. The Morgan fingerprint density at radius 1 is 1.19 bits per heavy atom. The molecule has 1 atom stereocenters. The summed E-state index contributed by atoms with van der Waals surface area (Å²) in [6.45, 7) is 0. The van der Waals surface area contributed by atoms with Gasteiger partial charge in [0, 0.05) is 16.8 Å². The number of amides is 2. The number of hydrogen-bond donors (Lipinski definition) is 3. The maximum atomic E-state index is 14.2. The molecule has 0 aromatic heterocycles. The first-order valence-corrected chi connectivity index (χ1v) is 7.72. The van der Waals surface area contributed by atoms with Crippen LogP contribution in [0.15, 0.2) is 30.3 Å². The van der Waals surface area contributed by atoms with Crippen LogP contribution in [0.25, 0.3) is 0 Å². The standard InChI is InChI=1S/C18H13F2N3O3/c19-13-4-1-10(7-9(13)8-21)22-17(24)12-2-5-14(20)16-11(12)3-6-15(16)23-18(25)26/h1-2,4-5,7,15,23H,3,6H2,(H,22,24)(H,25,26). The molecule has 132 valence electrons. The summed E-state index contributed by atoms with van der Waals surface area (Å²) < 4.78 is 27.5. The molecule has 2 aromatic carbocycles. The van der Waals surface area contributed by atoms with Crippen molar-refractivity contribution < 1.29 is 23.5 Å². The van der Waals surface area contributed by atoms with E-state index in [1.807, 2.05) is 0 Å².